The fraction of sp³-hybridized carbons (Fsp3) is 0.316. The Labute approximate surface area is 136 Å². The fourth-order valence-electron chi connectivity index (χ4n) is 3.03. The van der Waals surface area contributed by atoms with E-state index < -0.39 is 0 Å². The van der Waals surface area contributed by atoms with Gasteiger partial charge in [0.25, 0.3) is 0 Å². The minimum absolute atomic E-state index is 0.0902. The first-order valence-electron chi connectivity index (χ1n) is 7.73. The summed E-state index contributed by atoms with van der Waals surface area (Å²) in [6.45, 7) is 6.52. The van der Waals surface area contributed by atoms with Crippen molar-refractivity contribution in [3.05, 3.63) is 64.2 Å². The van der Waals surface area contributed by atoms with Gasteiger partial charge in [0, 0.05) is 11.1 Å². The molecule has 0 bridgehead atoms. The van der Waals surface area contributed by atoms with Crippen molar-refractivity contribution in [1.29, 1.82) is 0 Å². The highest BCUT2D eigenvalue weighted by molar-refractivity contribution is 5.84. The molecular weight excluding hydrogens is 290 g/mol. The molecule has 1 fully saturated rings. The molecule has 1 N–H and O–H groups in total. The average Bonchev–Trinajstić information content (AvgIpc) is 3.31. The maximum absolute atomic E-state index is 8.83. The van der Waals surface area contributed by atoms with Crippen molar-refractivity contribution in [2.75, 3.05) is 6.61 Å². The molecule has 4 heteroatoms. The predicted molar refractivity (Wildman–Crippen MR) is 89.6 cm³/mol. The Morgan fingerprint density at radius 2 is 1.91 bits per heavy atom. The first-order chi connectivity index (χ1) is 11.1. The minimum Gasteiger partial charge on any atom is -0.490 e. The van der Waals surface area contributed by atoms with E-state index in [2.05, 4.69) is 17.3 Å². The molecule has 0 spiro atoms. The van der Waals surface area contributed by atoms with Gasteiger partial charge in [-0.15, -0.1) is 0 Å². The molecule has 0 aliphatic carbocycles. The zero-order valence-corrected chi connectivity index (χ0v) is 13.6. The molecule has 0 aromatic heterocycles. The Morgan fingerprint density at radius 1 is 1.17 bits per heavy atom. The van der Waals surface area contributed by atoms with Crippen LogP contribution in [-0.4, -0.2) is 24.1 Å². The van der Waals surface area contributed by atoms with Crippen molar-refractivity contribution in [3.63, 3.8) is 0 Å². The maximum atomic E-state index is 8.83. The molecule has 1 heterocycles. The van der Waals surface area contributed by atoms with Crippen LogP contribution in [0.5, 0.6) is 5.75 Å². The average molecular weight is 311 g/mol. The van der Waals surface area contributed by atoms with Crippen LogP contribution in [0.1, 0.15) is 33.9 Å². The third kappa shape index (κ3) is 3.22. The Hall–Kier alpha value is -2.33. The van der Waals surface area contributed by atoms with Gasteiger partial charge in [0.05, 0.1) is 6.21 Å². The summed E-state index contributed by atoms with van der Waals surface area (Å²) in [7, 11) is 0. The van der Waals surface area contributed by atoms with E-state index in [4.69, 9.17) is 14.7 Å². The minimum atomic E-state index is 0.0902. The zero-order chi connectivity index (χ0) is 16.4. The Bertz CT molecular complexity index is 725. The van der Waals surface area contributed by atoms with E-state index in [9.17, 15) is 0 Å². The molecule has 1 aliphatic rings. The number of rotatable bonds is 5. The molecule has 1 saturated heterocycles. The van der Waals surface area contributed by atoms with Crippen LogP contribution in [0.25, 0.3) is 0 Å². The number of epoxide rings is 1. The topological polar surface area (TPSA) is 54.3 Å². The molecule has 0 amide bonds. The second kappa shape index (κ2) is 6.42. The van der Waals surface area contributed by atoms with Crippen LogP contribution in [0, 0.1) is 20.8 Å². The number of ether oxygens (including phenoxy) is 2. The molecule has 2 unspecified atom stereocenters. The van der Waals surface area contributed by atoms with Crippen molar-refractivity contribution in [2.45, 2.75) is 33.0 Å². The van der Waals surface area contributed by atoms with Crippen molar-refractivity contribution in [1.82, 2.24) is 0 Å². The lowest BCUT2D eigenvalue weighted by molar-refractivity contribution is 0.258. The van der Waals surface area contributed by atoms with Crippen LogP contribution in [0.4, 0.5) is 0 Å². The quantitative estimate of drug-likeness (QED) is 0.394. The molecule has 3 rings (SSSR count). The maximum Gasteiger partial charge on any atom is 0.125 e. The van der Waals surface area contributed by atoms with Crippen LogP contribution >= 0.6 is 0 Å². The van der Waals surface area contributed by atoms with E-state index in [1.807, 2.05) is 45.0 Å². The molecule has 23 heavy (non-hydrogen) atoms. The van der Waals surface area contributed by atoms with E-state index in [-0.39, 0.29) is 12.2 Å². The highest BCUT2D eigenvalue weighted by Crippen LogP contribution is 2.39. The van der Waals surface area contributed by atoms with Crippen molar-refractivity contribution >= 4 is 6.21 Å². The molecule has 0 saturated carbocycles. The van der Waals surface area contributed by atoms with Crippen LogP contribution in [0.15, 0.2) is 41.6 Å². The Balaban J connectivity index is 1.71. The SMILES string of the molecule is Cc1cc(C)c(OCC2OC2c2ccccc2)c(C)c1C=NO. The summed E-state index contributed by atoms with van der Waals surface area (Å²) in [5, 5.41) is 12.0. The van der Waals surface area contributed by atoms with E-state index >= 15 is 0 Å². The summed E-state index contributed by atoms with van der Waals surface area (Å²) in [6.07, 6.45) is 1.67. The van der Waals surface area contributed by atoms with E-state index in [1.54, 1.807) is 0 Å². The second-order valence-corrected chi connectivity index (χ2v) is 5.94. The molecule has 2 atom stereocenters. The Kier molecular flexibility index (Phi) is 4.35. The third-order valence-corrected chi connectivity index (χ3v) is 4.25. The molecular formula is C19H21NO3. The lowest BCUT2D eigenvalue weighted by atomic mass is 9.99. The smallest absolute Gasteiger partial charge is 0.125 e. The van der Waals surface area contributed by atoms with Crippen LogP contribution in [0.3, 0.4) is 0 Å². The second-order valence-electron chi connectivity index (χ2n) is 5.94. The van der Waals surface area contributed by atoms with Crippen LogP contribution in [-0.2, 0) is 4.74 Å². The lowest BCUT2D eigenvalue weighted by Crippen LogP contribution is -2.09. The molecule has 120 valence electrons. The monoisotopic (exact) mass is 311 g/mol. The molecule has 0 radical (unpaired) electrons. The zero-order valence-electron chi connectivity index (χ0n) is 13.6. The highest BCUT2D eigenvalue weighted by atomic mass is 16.6. The highest BCUT2D eigenvalue weighted by Gasteiger charge is 2.40. The summed E-state index contributed by atoms with van der Waals surface area (Å²) < 4.78 is 11.7. The van der Waals surface area contributed by atoms with Gasteiger partial charge in [0.1, 0.15) is 24.6 Å². The summed E-state index contributed by atoms with van der Waals surface area (Å²) >= 11 is 0. The fourth-order valence-corrected chi connectivity index (χ4v) is 3.03. The van der Waals surface area contributed by atoms with E-state index in [0.29, 0.717) is 6.61 Å². The summed E-state index contributed by atoms with van der Waals surface area (Å²) in [5.74, 6) is 0.841. The van der Waals surface area contributed by atoms with Gasteiger partial charge in [0.15, 0.2) is 0 Å². The standard InChI is InChI=1S/C19H21NO3/c1-12-9-13(2)18(14(3)16(12)10-20-21)22-11-17-19(23-17)15-7-5-4-6-8-15/h4-10,17,19,21H,11H2,1-3H3. The lowest BCUT2D eigenvalue weighted by Gasteiger charge is -2.15. The molecule has 2 aromatic carbocycles. The molecule has 1 aliphatic heterocycles. The van der Waals surface area contributed by atoms with Gasteiger partial charge in [-0.1, -0.05) is 41.6 Å². The predicted octanol–water partition coefficient (Wildman–Crippen LogP) is 3.94. The van der Waals surface area contributed by atoms with E-state index in [0.717, 1.165) is 28.0 Å². The third-order valence-electron chi connectivity index (χ3n) is 4.25. The number of nitrogens with zero attached hydrogens (tertiary/aromatic N) is 1. The van der Waals surface area contributed by atoms with Crippen LogP contribution < -0.4 is 4.74 Å². The van der Waals surface area contributed by atoms with Gasteiger partial charge in [0.2, 0.25) is 0 Å². The number of hydrogen-bond donors (Lipinski definition) is 1. The van der Waals surface area contributed by atoms with Gasteiger partial charge in [-0.2, -0.15) is 0 Å². The van der Waals surface area contributed by atoms with Gasteiger partial charge in [-0.05, 0) is 37.5 Å². The van der Waals surface area contributed by atoms with Crippen molar-refractivity contribution in [2.24, 2.45) is 5.16 Å². The normalized spacial score (nSPS) is 20.0. The first kappa shape index (κ1) is 15.6. The largest absolute Gasteiger partial charge is 0.490 e. The van der Waals surface area contributed by atoms with Gasteiger partial charge >= 0.3 is 0 Å². The number of hydrogen-bond acceptors (Lipinski definition) is 4. The summed E-state index contributed by atoms with van der Waals surface area (Å²) in [6, 6.07) is 12.2. The summed E-state index contributed by atoms with van der Waals surface area (Å²) in [4.78, 5) is 0. The van der Waals surface area contributed by atoms with Gasteiger partial charge in [-0.3, -0.25) is 0 Å². The first-order valence-corrected chi connectivity index (χ1v) is 7.73. The van der Waals surface area contributed by atoms with E-state index in [1.165, 1.54) is 11.8 Å². The number of aryl methyl sites for hydroxylation is 2. The summed E-state index contributed by atoms with van der Waals surface area (Å²) in [5.41, 5.74) is 5.20. The van der Waals surface area contributed by atoms with Crippen molar-refractivity contribution < 1.29 is 14.7 Å². The number of oxime groups is 1. The number of benzene rings is 2. The molecule has 2 aromatic rings. The van der Waals surface area contributed by atoms with Gasteiger partial charge < -0.3 is 14.7 Å². The Morgan fingerprint density at radius 3 is 2.61 bits per heavy atom. The van der Waals surface area contributed by atoms with Crippen molar-refractivity contribution in [3.8, 4) is 5.75 Å². The molecule has 4 nitrogen and oxygen atoms in total. The van der Waals surface area contributed by atoms with Crippen LogP contribution in [0.2, 0.25) is 0 Å². The van der Waals surface area contributed by atoms with Gasteiger partial charge in [-0.25, -0.2) is 0 Å².